The molecular weight excluding hydrogens is 243 g/mol. The maximum atomic E-state index is 14.0. The van der Waals surface area contributed by atoms with E-state index in [1.165, 1.54) is 6.07 Å². The van der Waals surface area contributed by atoms with Crippen molar-refractivity contribution in [2.45, 2.75) is 26.8 Å². The van der Waals surface area contributed by atoms with Gasteiger partial charge in [0.25, 0.3) is 0 Å². The van der Waals surface area contributed by atoms with E-state index in [9.17, 15) is 4.39 Å². The Bertz CT molecular complexity index is 394. The zero-order chi connectivity index (χ0) is 14.4. The quantitative estimate of drug-likeness (QED) is 0.826. The van der Waals surface area contributed by atoms with Gasteiger partial charge in [-0.05, 0) is 25.0 Å². The SMILES string of the molecule is COCCN(CC(C)C)c1cccc(F)c1[C@H](C)N. The molecule has 108 valence electrons. The van der Waals surface area contributed by atoms with Gasteiger partial charge >= 0.3 is 0 Å². The van der Waals surface area contributed by atoms with Crippen LogP contribution in [0.2, 0.25) is 0 Å². The van der Waals surface area contributed by atoms with Gasteiger partial charge in [0.15, 0.2) is 0 Å². The molecule has 2 N–H and O–H groups in total. The Hall–Kier alpha value is -1.13. The van der Waals surface area contributed by atoms with Crippen LogP contribution in [0.4, 0.5) is 10.1 Å². The lowest BCUT2D eigenvalue weighted by Gasteiger charge is -2.29. The number of hydrogen-bond acceptors (Lipinski definition) is 3. The van der Waals surface area contributed by atoms with Crippen molar-refractivity contribution >= 4 is 5.69 Å². The van der Waals surface area contributed by atoms with Gasteiger partial charge in [-0.25, -0.2) is 4.39 Å². The molecule has 0 aromatic heterocycles. The second kappa shape index (κ2) is 7.46. The first-order valence-corrected chi connectivity index (χ1v) is 6.75. The van der Waals surface area contributed by atoms with Crippen LogP contribution < -0.4 is 10.6 Å². The molecule has 19 heavy (non-hydrogen) atoms. The van der Waals surface area contributed by atoms with Crippen LogP contribution >= 0.6 is 0 Å². The van der Waals surface area contributed by atoms with E-state index in [4.69, 9.17) is 10.5 Å². The van der Waals surface area contributed by atoms with Gasteiger partial charge in [0.05, 0.1) is 6.61 Å². The highest BCUT2D eigenvalue weighted by Gasteiger charge is 2.18. The van der Waals surface area contributed by atoms with Crippen molar-refractivity contribution in [3.8, 4) is 0 Å². The molecule has 0 fully saturated rings. The highest BCUT2D eigenvalue weighted by Crippen LogP contribution is 2.28. The normalized spacial score (nSPS) is 12.8. The van der Waals surface area contributed by atoms with Crippen LogP contribution in [0.3, 0.4) is 0 Å². The number of nitrogens with zero attached hydrogens (tertiary/aromatic N) is 1. The summed E-state index contributed by atoms with van der Waals surface area (Å²) in [4.78, 5) is 2.15. The van der Waals surface area contributed by atoms with E-state index < -0.39 is 0 Å². The predicted octanol–water partition coefficient (Wildman–Crippen LogP) is 2.95. The maximum absolute atomic E-state index is 14.0. The zero-order valence-corrected chi connectivity index (χ0v) is 12.3. The molecule has 0 radical (unpaired) electrons. The Morgan fingerprint density at radius 2 is 2.00 bits per heavy atom. The lowest BCUT2D eigenvalue weighted by Crippen LogP contribution is -2.32. The van der Waals surface area contributed by atoms with E-state index in [1.807, 2.05) is 13.0 Å². The molecule has 0 aliphatic rings. The van der Waals surface area contributed by atoms with Crippen molar-refractivity contribution in [3.05, 3.63) is 29.6 Å². The third kappa shape index (κ3) is 4.48. The monoisotopic (exact) mass is 268 g/mol. The lowest BCUT2D eigenvalue weighted by atomic mass is 10.0. The molecule has 1 aromatic carbocycles. The minimum Gasteiger partial charge on any atom is -0.383 e. The van der Waals surface area contributed by atoms with E-state index in [1.54, 1.807) is 13.2 Å². The van der Waals surface area contributed by atoms with Gasteiger partial charge in [-0.15, -0.1) is 0 Å². The number of rotatable bonds is 7. The molecule has 3 nitrogen and oxygen atoms in total. The molecular formula is C15H25FN2O. The topological polar surface area (TPSA) is 38.5 Å². The van der Waals surface area contributed by atoms with Crippen LogP contribution in [0.1, 0.15) is 32.4 Å². The average Bonchev–Trinajstić information content (AvgIpc) is 2.33. The van der Waals surface area contributed by atoms with Crippen LogP contribution in [-0.2, 0) is 4.74 Å². The van der Waals surface area contributed by atoms with Gasteiger partial charge in [0.1, 0.15) is 5.82 Å². The number of halogens is 1. The number of nitrogens with two attached hydrogens (primary N) is 1. The largest absolute Gasteiger partial charge is 0.383 e. The predicted molar refractivity (Wildman–Crippen MR) is 77.9 cm³/mol. The fourth-order valence-electron chi connectivity index (χ4n) is 2.20. The van der Waals surface area contributed by atoms with E-state index >= 15 is 0 Å². The summed E-state index contributed by atoms with van der Waals surface area (Å²) in [5, 5.41) is 0. The van der Waals surface area contributed by atoms with Crippen molar-refractivity contribution < 1.29 is 9.13 Å². The van der Waals surface area contributed by atoms with Gasteiger partial charge in [0.2, 0.25) is 0 Å². The Labute approximate surface area is 115 Å². The second-order valence-electron chi connectivity index (χ2n) is 5.29. The lowest BCUT2D eigenvalue weighted by molar-refractivity contribution is 0.204. The van der Waals surface area contributed by atoms with Crippen LogP contribution in [0.25, 0.3) is 0 Å². The summed E-state index contributed by atoms with van der Waals surface area (Å²) in [6.07, 6.45) is 0. The standard InChI is InChI=1S/C15H25FN2O/c1-11(2)10-18(8-9-19-4)14-7-5-6-13(16)15(14)12(3)17/h5-7,11-12H,8-10,17H2,1-4H3/t12-/m0/s1. The van der Waals surface area contributed by atoms with Crippen molar-refractivity contribution in [1.29, 1.82) is 0 Å². The fraction of sp³-hybridized carbons (Fsp3) is 0.600. The molecule has 0 heterocycles. The van der Waals surface area contributed by atoms with Crippen molar-refractivity contribution in [2.75, 3.05) is 31.7 Å². The van der Waals surface area contributed by atoms with Crippen LogP contribution in [0, 0.1) is 11.7 Å². The summed E-state index contributed by atoms with van der Waals surface area (Å²) in [5.74, 6) is 0.250. The minimum absolute atomic E-state index is 0.237. The Morgan fingerprint density at radius 1 is 1.32 bits per heavy atom. The molecule has 4 heteroatoms. The van der Waals surface area contributed by atoms with Gasteiger partial charge in [0, 0.05) is 37.5 Å². The molecule has 0 bridgehead atoms. The summed E-state index contributed by atoms with van der Waals surface area (Å²) in [6.45, 7) is 8.30. The van der Waals surface area contributed by atoms with Crippen molar-refractivity contribution in [1.82, 2.24) is 0 Å². The second-order valence-corrected chi connectivity index (χ2v) is 5.29. The minimum atomic E-state index is -0.326. The summed E-state index contributed by atoms with van der Waals surface area (Å²) < 4.78 is 19.1. The number of methoxy groups -OCH3 is 1. The molecule has 0 spiro atoms. The summed E-state index contributed by atoms with van der Waals surface area (Å²) in [6, 6.07) is 4.80. The molecule has 1 aromatic rings. The Morgan fingerprint density at radius 3 is 2.53 bits per heavy atom. The molecule has 0 amide bonds. The smallest absolute Gasteiger partial charge is 0.130 e. The summed E-state index contributed by atoms with van der Waals surface area (Å²) >= 11 is 0. The highest BCUT2D eigenvalue weighted by molar-refractivity contribution is 5.55. The third-order valence-corrected chi connectivity index (χ3v) is 2.98. The first-order valence-electron chi connectivity index (χ1n) is 6.75. The summed E-state index contributed by atoms with van der Waals surface area (Å²) in [5.41, 5.74) is 7.37. The van der Waals surface area contributed by atoms with Crippen LogP contribution in [0.5, 0.6) is 0 Å². The Balaban J connectivity index is 3.09. The number of benzene rings is 1. The molecule has 0 saturated carbocycles. The van der Waals surface area contributed by atoms with Gasteiger partial charge in [-0.1, -0.05) is 19.9 Å². The van der Waals surface area contributed by atoms with Crippen LogP contribution in [0.15, 0.2) is 18.2 Å². The van der Waals surface area contributed by atoms with E-state index in [0.29, 0.717) is 18.1 Å². The molecule has 1 rings (SSSR count). The van der Waals surface area contributed by atoms with Gasteiger partial charge in [-0.3, -0.25) is 0 Å². The average molecular weight is 268 g/mol. The fourth-order valence-corrected chi connectivity index (χ4v) is 2.20. The third-order valence-electron chi connectivity index (χ3n) is 2.98. The zero-order valence-electron chi connectivity index (χ0n) is 12.3. The van der Waals surface area contributed by atoms with Gasteiger partial charge < -0.3 is 15.4 Å². The first kappa shape index (κ1) is 15.9. The molecule has 1 atom stereocenters. The molecule has 0 saturated heterocycles. The number of anilines is 1. The molecule has 0 aliphatic carbocycles. The maximum Gasteiger partial charge on any atom is 0.130 e. The van der Waals surface area contributed by atoms with Gasteiger partial charge in [-0.2, -0.15) is 0 Å². The number of hydrogen-bond donors (Lipinski definition) is 1. The van der Waals surface area contributed by atoms with E-state index in [-0.39, 0.29) is 11.9 Å². The van der Waals surface area contributed by atoms with Crippen molar-refractivity contribution in [2.24, 2.45) is 11.7 Å². The Kier molecular flexibility index (Phi) is 6.25. The van der Waals surface area contributed by atoms with Crippen LogP contribution in [-0.4, -0.2) is 26.8 Å². The summed E-state index contributed by atoms with van der Waals surface area (Å²) in [7, 11) is 1.67. The molecule has 0 unspecified atom stereocenters. The van der Waals surface area contributed by atoms with E-state index in [2.05, 4.69) is 18.7 Å². The van der Waals surface area contributed by atoms with E-state index in [0.717, 1.165) is 18.8 Å². The molecule has 0 aliphatic heterocycles. The first-order chi connectivity index (χ1) is 8.97. The van der Waals surface area contributed by atoms with Crippen molar-refractivity contribution in [3.63, 3.8) is 0 Å². The highest BCUT2D eigenvalue weighted by atomic mass is 19.1. The number of ether oxygens (including phenoxy) is 1.